The minimum absolute atomic E-state index is 0.0304. The number of carbonyl (C=O) groups is 2. The van der Waals surface area contributed by atoms with Crippen LogP contribution in [0.2, 0.25) is 0 Å². The van der Waals surface area contributed by atoms with Gasteiger partial charge in [-0.25, -0.2) is 0 Å². The highest BCUT2D eigenvalue weighted by Gasteiger charge is 2.12. The minimum atomic E-state index is -0.360. The summed E-state index contributed by atoms with van der Waals surface area (Å²) in [4.78, 5) is 23.4. The summed E-state index contributed by atoms with van der Waals surface area (Å²) in [7, 11) is 1.70. The number of esters is 1. The maximum atomic E-state index is 11.1. The van der Waals surface area contributed by atoms with Crippen molar-refractivity contribution < 1.29 is 14.3 Å². The Morgan fingerprint density at radius 1 is 1.28 bits per heavy atom. The molecule has 0 aliphatic rings. The van der Waals surface area contributed by atoms with E-state index in [1.54, 1.807) is 36.2 Å². The summed E-state index contributed by atoms with van der Waals surface area (Å²) >= 11 is 6.20. The zero-order chi connectivity index (χ0) is 13.7. The monoisotopic (exact) mass is 269 g/mol. The van der Waals surface area contributed by atoms with E-state index in [0.29, 0.717) is 12.3 Å². The number of halogens is 1. The van der Waals surface area contributed by atoms with Crippen LogP contribution in [0.4, 0.5) is 0 Å². The molecule has 1 atom stereocenters. The lowest BCUT2D eigenvalue weighted by Gasteiger charge is -2.19. The molecule has 98 valence electrons. The second-order valence-corrected chi connectivity index (χ2v) is 4.56. The first-order chi connectivity index (χ1) is 8.40. The average Bonchev–Trinajstić information content (AvgIpc) is 2.28. The summed E-state index contributed by atoms with van der Waals surface area (Å²) in [5.41, 5.74) is 0.876. The Morgan fingerprint density at radius 2 is 1.83 bits per heavy atom. The smallest absolute Gasteiger partial charge is 0.308 e. The van der Waals surface area contributed by atoms with Gasteiger partial charge in [-0.3, -0.25) is 9.59 Å². The molecular weight excluding hydrogens is 254 g/mol. The standard InChI is InChI=1S/C13H16ClNO3/c1-9(16)15(3)8-13(14)11-4-6-12(7-5-11)18-10(2)17/h4-7,13H,8H2,1-3H3. The first-order valence-corrected chi connectivity index (χ1v) is 5.98. The summed E-state index contributed by atoms with van der Waals surface area (Å²) in [6, 6.07) is 6.92. The highest BCUT2D eigenvalue weighted by molar-refractivity contribution is 6.21. The number of carbonyl (C=O) groups excluding carboxylic acids is 2. The lowest BCUT2D eigenvalue weighted by molar-refractivity contribution is -0.132. The molecule has 0 saturated carbocycles. The van der Waals surface area contributed by atoms with E-state index in [9.17, 15) is 9.59 Å². The van der Waals surface area contributed by atoms with Crippen LogP contribution < -0.4 is 4.74 Å². The van der Waals surface area contributed by atoms with Crippen LogP contribution in [0.25, 0.3) is 0 Å². The van der Waals surface area contributed by atoms with Gasteiger partial charge >= 0.3 is 5.97 Å². The summed E-state index contributed by atoms with van der Waals surface area (Å²) in [6.45, 7) is 3.28. The van der Waals surface area contributed by atoms with Gasteiger partial charge in [0.25, 0.3) is 0 Å². The fourth-order valence-electron chi connectivity index (χ4n) is 1.39. The molecule has 0 spiro atoms. The summed E-state index contributed by atoms with van der Waals surface area (Å²) in [5.74, 6) is 0.0914. The summed E-state index contributed by atoms with van der Waals surface area (Å²) in [5, 5.41) is -0.287. The number of nitrogens with zero attached hydrogens (tertiary/aromatic N) is 1. The quantitative estimate of drug-likeness (QED) is 0.479. The lowest BCUT2D eigenvalue weighted by atomic mass is 10.1. The Bertz CT molecular complexity index is 430. The molecule has 0 bridgehead atoms. The van der Waals surface area contributed by atoms with E-state index in [4.69, 9.17) is 16.3 Å². The zero-order valence-corrected chi connectivity index (χ0v) is 11.4. The molecule has 18 heavy (non-hydrogen) atoms. The van der Waals surface area contributed by atoms with E-state index in [0.717, 1.165) is 5.56 Å². The molecule has 5 heteroatoms. The summed E-state index contributed by atoms with van der Waals surface area (Å²) < 4.78 is 4.92. The number of ether oxygens (including phenoxy) is 1. The number of rotatable bonds is 4. The van der Waals surface area contributed by atoms with E-state index in [1.807, 2.05) is 0 Å². The second kappa shape index (κ2) is 6.40. The Labute approximate surface area is 111 Å². The number of hydrogen-bond acceptors (Lipinski definition) is 3. The van der Waals surface area contributed by atoms with Gasteiger partial charge in [0.2, 0.25) is 5.91 Å². The second-order valence-electron chi connectivity index (χ2n) is 4.03. The van der Waals surface area contributed by atoms with Gasteiger partial charge in [0.1, 0.15) is 5.75 Å². The maximum Gasteiger partial charge on any atom is 0.308 e. The molecular formula is C13H16ClNO3. The Kier molecular flexibility index (Phi) is 5.16. The third kappa shape index (κ3) is 4.37. The molecule has 1 amide bonds. The van der Waals surface area contributed by atoms with Crippen LogP contribution in [0.5, 0.6) is 5.75 Å². The topological polar surface area (TPSA) is 46.6 Å². The number of likely N-dealkylation sites (N-methyl/N-ethyl adjacent to an activating group) is 1. The molecule has 1 rings (SSSR count). The summed E-state index contributed by atoms with van der Waals surface area (Å²) in [6.07, 6.45) is 0. The molecule has 0 aliphatic carbocycles. The van der Waals surface area contributed by atoms with Gasteiger partial charge in [-0.2, -0.15) is 0 Å². The SMILES string of the molecule is CC(=O)Oc1ccc(C(Cl)CN(C)C(C)=O)cc1. The van der Waals surface area contributed by atoms with Crippen LogP contribution in [0.1, 0.15) is 24.8 Å². The highest BCUT2D eigenvalue weighted by Crippen LogP contribution is 2.23. The molecule has 0 fully saturated rings. The van der Waals surface area contributed by atoms with Crippen LogP contribution in [-0.4, -0.2) is 30.4 Å². The van der Waals surface area contributed by atoms with Crippen molar-refractivity contribution in [3.8, 4) is 5.75 Å². The van der Waals surface area contributed by atoms with E-state index in [1.165, 1.54) is 13.8 Å². The molecule has 1 aromatic rings. The van der Waals surface area contributed by atoms with E-state index < -0.39 is 0 Å². The molecule has 1 unspecified atom stereocenters. The number of hydrogen-bond donors (Lipinski definition) is 0. The van der Waals surface area contributed by atoms with Crippen molar-refractivity contribution in [2.45, 2.75) is 19.2 Å². The van der Waals surface area contributed by atoms with Crippen molar-refractivity contribution in [3.05, 3.63) is 29.8 Å². The van der Waals surface area contributed by atoms with Crippen molar-refractivity contribution >= 4 is 23.5 Å². The van der Waals surface area contributed by atoms with E-state index in [-0.39, 0.29) is 17.3 Å². The highest BCUT2D eigenvalue weighted by atomic mass is 35.5. The van der Waals surface area contributed by atoms with Crippen molar-refractivity contribution in [1.82, 2.24) is 4.90 Å². The van der Waals surface area contributed by atoms with Gasteiger partial charge in [-0.15, -0.1) is 11.6 Å². The van der Waals surface area contributed by atoms with Crippen LogP contribution in [0.3, 0.4) is 0 Å². The van der Waals surface area contributed by atoms with E-state index >= 15 is 0 Å². The van der Waals surface area contributed by atoms with Crippen LogP contribution in [0, 0.1) is 0 Å². The largest absolute Gasteiger partial charge is 0.427 e. The molecule has 0 radical (unpaired) electrons. The lowest BCUT2D eigenvalue weighted by Crippen LogP contribution is -2.27. The van der Waals surface area contributed by atoms with Gasteiger partial charge in [0.05, 0.1) is 5.38 Å². The first kappa shape index (κ1) is 14.5. The molecule has 0 aliphatic heterocycles. The maximum absolute atomic E-state index is 11.1. The van der Waals surface area contributed by atoms with Crippen molar-refractivity contribution in [1.29, 1.82) is 0 Å². The third-order valence-electron chi connectivity index (χ3n) is 2.48. The van der Waals surface area contributed by atoms with Crippen LogP contribution >= 0.6 is 11.6 Å². The zero-order valence-electron chi connectivity index (χ0n) is 10.6. The van der Waals surface area contributed by atoms with Gasteiger partial charge in [0.15, 0.2) is 0 Å². The molecule has 0 N–H and O–H groups in total. The third-order valence-corrected chi connectivity index (χ3v) is 2.87. The molecule has 0 saturated heterocycles. The van der Waals surface area contributed by atoms with Crippen molar-refractivity contribution in [3.63, 3.8) is 0 Å². The molecule has 0 heterocycles. The van der Waals surface area contributed by atoms with Crippen molar-refractivity contribution in [2.75, 3.05) is 13.6 Å². The minimum Gasteiger partial charge on any atom is -0.427 e. The van der Waals surface area contributed by atoms with Gasteiger partial charge in [-0.1, -0.05) is 12.1 Å². The molecule has 1 aromatic carbocycles. The number of benzene rings is 1. The Hall–Kier alpha value is -1.55. The Balaban J connectivity index is 2.66. The fraction of sp³-hybridized carbons (Fsp3) is 0.385. The predicted octanol–water partition coefficient (Wildman–Crippen LogP) is 2.37. The van der Waals surface area contributed by atoms with Crippen LogP contribution in [-0.2, 0) is 9.59 Å². The first-order valence-electron chi connectivity index (χ1n) is 5.54. The fourth-order valence-corrected chi connectivity index (χ4v) is 1.74. The van der Waals surface area contributed by atoms with Crippen molar-refractivity contribution in [2.24, 2.45) is 0 Å². The predicted molar refractivity (Wildman–Crippen MR) is 69.7 cm³/mol. The number of amides is 1. The molecule has 0 aromatic heterocycles. The van der Waals surface area contributed by atoms with Gasteiger partial charge in [-0.05, 0) is 17.7 Å². The normalized spacial score (nSPS) is 11.8. The van der Waals surface area contributed by atoms with Gasteiger partial charge < -0.3 is 9.64 Å². The molecule has 4 nitrogen and oxygen atoms in total. The van der Waals surface area contributed by atoms with Crippen LogP contribution in [0.15, 0.2) is 24.3 Å². The van der Waals surface area contributed by atoms with Gasteiger partial charge in [0, 0.05) is 27.4 Å². The average molecular weight is 270 g/mol. The van der Waals surface area contributed by atoms with E-state index in [2.05, 4.69) is 0 Å². The number of alkyl halides is 1. The Morgan fingerprint density at radius 3 is 2.28 bits per heavy atom.